The summed E-state index contributed by atoms with van der Waals surface area (Å²) in [6, 6.07) is 2.00. The molecule has 1 heterocycles. The number of carbonyl (C=O) groups is 3. The summed E-state index contributed by atoms with van der Waals surface area (Å²) in [5, 5.41) is 13.0. The van der Waals surface area contributed by atoms with Gasteiger partial charge in [-0.05, 0) is 19.1 Å². The average molecular weight is 240 g/mol. The zero-order valence-corrected chi connectivity index (χ0v) is 9.10. The van der Waals surface area contributed by atoms with Gasteiger partial charge in [0.1, 0.15) is 6.04 Å². The fourth-order valence-corrected chi connectivity index (χ4v) is 1.01. The normalized spacial score (nSPS) is 11.6. The quantitative estimate of drug-likeness (QED) is 0.648. The van der Waals surface area contributed by atoms with Crippen molar-refractivity contribution in [3.63, 3.8) is 0 Å². The molecule has 2 amide bonds. The standard InChI is InChI=1S/C10H12N2O5/c1-6(10(15)16)12-8(13)5-11-9(14)7-3-2-4-17-7/h2-4,6H,5H2,1H3,(H,11,14)(H,12,13)(H,15,16)/t6-/m1/s1. The maximum absolute atomic E-state index is 11.3. The van der Waals surface area contributed by atoms with Crippen molar-refractivity contribution in [1.29, 1.82) is 0 Å². The van der Waals surface area contributed by atoms with E-state index in [0.717, 1.165) is 0 Å². The zero-order chi connectivity index (χ0) is 12.8. The monoisotopic (exact) mass is 240 g/mol. The number of carboxylic acids is 1. The van der Waals surface area contributed by atoms with E-state index in [1.165, 1.54) is 19.3 Å². The van der Waals surface area contributed by atoms with Crippen LogP contribution in [0.2, 0.25) is 0 Å². The molecule has 0 aliphatic carbocycles. The molecule has 0 saturated carbocycles. The number of hydrogen-bond acceptors (Lipinski definition) is 4. The van der Waals surface area contributed by atoms with E-state index in [4.69, 9.17) is 9.52 Å². The van der Waals surface area contributed by atoms with Crippen molar-refractivity contribution in [1.82, 2.24) is 10.6 Å². The molecule has 0 spiro atoms. The van der Waals surface area contributed by atoms with E-state index in [9.17, 15) is 14.4 Å². The minimum absolute atomic E-state index is 0.0871. The van der Waals surface area contributed by atoms with Gasteiger partial charge in [-0.3, -0.25) is 14.4 Å². The topological polar surface area (TPSA) is 109 Å². The van der Waals surface area contributed by atoms with E-state index in [1.54, 1.807) is 6.07 Å². The second kappa shape index (κ2) is 5.69. The van der Waals surface area contributed by atoms with Gasteiger partial charge in [0, 0.05) is 0 Å². The number of carboxylic acid groups (broad SMARTS) is 1. The smallest absolute Gasteiger partial charge is 0.325 e. The molecule has 0 fully saturated rings. The van der Waals surface area contributed by atoms with Crippen LogP contribution >= 0.6 is 0 Å². The molecule has 7 heteroatoms. The lowest BCUT2D eigenvalue weighted by Crippen LogP contribution is -2.43. The van der Waals surface area contributed by atoms with Gasteiger partial charge in [0.05, 0.1) is 12.8 Å². The third kappa shape index (κ3) is 3.98. The lowest BCUT2D eigenvalue weighted by Gasteiger charge is -2.09. The van der Waals surface area contributed by atoms with Gasteiger partial charge in [0.25, 0.3) is 5.91 Å². The van der Waals surface area contributed by atoms with Crippen LogP contribution in [0.25, 0.3) is 0 Å². The van der Waals surface area contributed by atoms with Crippen LogP contribution in [0.3, 0.4) is 0 Å². The number of rotatable bonds is 5. The molecule has 0 aliphatic heterocycles. The van der Waals surface area contributed by atoms with Crippen molar-refractivity contribution in [2.45, 2.75) is 13.0 Å². The van der Waals surface area contributed by atoms with Crippen molar-refractivity contribution in [3.05, 3.63) is 24.2 Å². The van der Waals surface area contributed by atoms with Crippen molar-refractivity contribution < 1.29 is 23.9 Å². The third-order valence-electron chi connectivity index (χ3n) is 1.90. The van der Waals surface area contributed by atoms with E-state index in [-0.39, 0.29) is 12.3 Å². The molecule has 0 saturated heterocycles. The Morgan fingerprint density at radius 2 is 2.18 bits per heavy atom. The maximum Gasteiger partial charge on any atom is 0.325 e. The van der Waals surface area contributed by atoms with Crippen LogP contribution in [0.4, 0.5) is 0 Å². The van der Waals surface area contributed by atoms with Crippen LogP contribution in [-0.2, 0) is 9.59 Å². The maximum atomic E-state index is 11.3. The molecule has 0 bridgehead atoms. The average Bonchev–Trinajstić information content (AvgIpc) is 2.79. The Balaban J connectivity index is 2.34. The van der Waals surface area contributed by atoms with E-state index < -0.39 is 23.8 Å². The Morgan fingerprint density at radius 1 is 1.47 bits per heavy atom. The number of furan rings is 1. The number of aliphatic carboxylic acids is 1. The summed E-state index contributed by atoms with van der Waals surface area (Å²) in [6.07, 6.45) is 1.33. The molecule has 7 nitrogen and oxygen atoms in total. The molecule has 0 radical (unpaired) electrons. The van der Waals surface area contributed by atoms with Crippen LogP contribution in [0.15, 0.2) is 22.8 Å². The van der Waals surface area contributed by atoms with Gasteiger partial charge in [-0.1, -0.05) is 0 Å². The van der Waals surface area contributed by atoms with Gasteiger partial charge >= 0.3 is 5.97 Å². The molecule has 0 unspecified atom stereocenters. The number of amides is 2. The lowest BCUT2D eigenvalue weighted by molar-refractivity contribution is -0.141. The van der Waals surface area contributed by atoms with Gasteiger partial charge in [-0.2, -0.15) is 0 Å². The van der Waals surface area contributed by atoms with Crippen LogP contribution < -0.4 is 10.6 Å². The Hall–Kier alpha value is -2.31. The van der Waals surface area contributed by atoms with Crippen LogP contribution in [0.1, 0.15) is 17.5 Å². The minimum atomic E-state index is -1.14. The largest absolute Gasteiger partial charge is 0.480 e. The molecule has 1 aromatic rings. The minimum Gasteiger partial charge on any atom is -0.480 e. The Labute approximate surface area is 96.8 Å². The molecular weight excluding hydrogens is 228 g/mol. The van der Waals surface area contributed by atoms with E-state index >= 15 is 0 Å². The summed E-state index contributed by atoms with van der Waals surface area (Å²) < 4.78 is 4.81. The number of hydrogen-bond donors (Lipinski definition) is 3. The highest BCUT2D eigenvalue weighted by Crippen LogP contribution is 1.98. The molecule has 0 aromatic carbocycles. The lowest BCUT2D eigenvalue weighted by atomic mass is 10.3. The SMILES string of the molecule is C[C@@H](NC(=O)CNC(=O)c1ccco1)C(=O)O. The van der Waals surface area contributed by atoms with E-state index in [0.29, 0.717) is 0 Å². The first-order valence-electron chi connectivity index (χ1n) is 4.84. The molecule has 1 rings (SSSR count). The van der Waals surface area contributed by atoms with Crippen LogP contribution in [0.5, 0.6) is 0 Å². The fraction of sp³-hybridized carbons (Fsp3) is 0.300. The van der Waals surface area contributed by atoms with Crippen molar-refractivity contribution in [2.24, 2.45) is 0 Å². The highest BCUT2D eigenvalue weighted by atomic mass is 16.4. The predicted molar refractivity (Wildman–Crippen MR) is 56.3 cm³/mol. The molecule has 3 N–H and O–H groups in total. The van der Waals surface area contributed by atoms with Gasteiger partial charge in [0.2, 0.25) is 5.91 Å². The summed E-state index contributed by atoms with van der Waals surface area (Å²) >= 11 is 0. The van der Waals surface area contributed by atoms with Gasteiger partial charge in [-0.15, -0.1) is 0 Å². The molecule has 92 valence electrons. The first-order valence-corrected chi connectivity index (χ1v) is 4.84. The number of carbonyl (C=O) groups excluding carboxylic acids is 2. The highest BCUT2D eigenvalue weighted by Gasteiger charge is 2.15. The summed E-state index contributed by atoms with van der Waals surface area (Å²) in [6.45, 7) is 1.02. The molecule has 17 heavy (non-hydrogen) atoms. The highest BCUT2D eigenvalue weighted by molar-refractivity contribution is 5.94. The van der Waals surface area contributed by atoms with Crippen molar-refractivity contribution in [2.75, 3.05) is 6.54 Å². The fourth-order valence-electron chi connectivity index (χ4n) is 1.01. The van der Waals surface area contributed by atoms with Gasteiger partial charge in [-0.25, -0.2) is 0 Å². The Kier molecular flexibility index (Phi) is 4.27. The summed E-state index contributed by atoms with van der Waals surface area (Å²) in [4.78, 5) is 33.0. The number of nitrogens with one attached hydrogen (secondary N) is 2. The van der Waals surface area contributed by atoms with E-state index in [2.05, 4.69) is 10.6 Å². The summed E-state index contributed by atoms with van der Waals surface area (Å²) in [5.41, 5.74) is 0. The van der Waals surface area contributed by atoms with E-state index in [1.807, 2.05) is 0 Å². The van der Waals surface area contributed by atoms with Gasteiger partial charge < -0.3 is 20.2 Å². The third-order valence-corrected chi connectivity index (χ3v) is 1.90. The van der Waals surface area contributed by atoms with Crippen LogP contribution in [0, 0.1) is 0 Å². The van der Waals surface area contributed by atoms with Gasteiger partial charge in [0.15, 0.2) is 5.76 Å². The predicted octanol–water partition coefficient (Wildman–Crippen LogP) is -0.401. The molecular formula is C10H12N2O5. The zero-order valence-electron chi connectivity index (χ0n) is 9.10. The second-order valence-corrected chi connectivity index (χ2v) is 3.29. The Bertz CT molecular complexity index is 412. The second-order valence-electron chi connectivity index (χ2n) is 3.29. The van der Waals surface area contributed by atoms with Crippen LogP contribution in [-0.4, -0.2) is 35.5 Å². The van der Waals surface area contributed by atoms with Crippen molar-refractivity contribution >= 4 is 17.8 Å². The summed E-state index contributed by atoms with van der Waals surface area (Å²) in [7, 11) is 0. The Morgan fingerprint density at radius 3 is 2.71 bits per heavy atom. The molecule has 1 aromatic heterocycles. The molecule has 0 aliphatic rings. The first kappa shape index (κ1) is 12.8. The summed E-state index contributed by atoms with van der Waals surface area (Å²) in [5.74, 6) is -2.17. The molecule has 1 atom stereocenters. The van der Waals surface area contributed by atoms with Crippen molar-refractivity contribution in [3.8, 4) is 0 Å². The first-order chi connectivity index (χ1) is 8.00.